The number of hydrogen-bond acceptors (Lipinski definition) is 0. The Bertz CT molecular complexity index is 1670. The van der Waals surface area contributed by atoms with E-state index in [1.54, 1.807) is 0 Å². The molecule has 226 valence electrons. The van der Waals surface area contributed by atoms with Gasteiger partial charge in [-0.1, -0.05) is 134 Å². The average molecular weight is 715 g/mol. The van der Waals surface area contributed by atoms with Crippen molar-refractivity contribution in [1.82, 2.24) is 0 Å². The molecule has 0 saturated carbocycles. The number of rotatable bonds is 1. The quantitative estimate of drug-likeness (QED) is 0.118. The number of hydrogen-bond donors (Lipinski definition) is 0. The van der Waals surface area contributed by atoms with Crippen molar-refractivity contribution in [3.63, 3.8) is 0 Å². The molecule has 0 unspecified atom stereocenters. The second-order valence-electron chi connectivity index (χ2n) is 14.8. The van der Waals surface area contributed by atoms with Gasteiger partial charge in [-0.15, -0.1) is 40.1 Å². The molecule has 0 atom stereocenters. The van der Waals surface area contributed by atoms with Crippen LogP contribution in [0.4, 0.5) is 0 Å². The molecule has 0 spiro atoms. The predicted molar refractivity (Wildman–Crippen MR) is 193 cm³/mol. The molecule has 5 aromatic carbocycles. The SMILES string of the molecule is Cc1cc2c(-c3cc(C(C)(C)C)cc(C(C)(C)C)c3)c(C(C)(C)C)ccc2[cH-]1.[Cl][Zr+2][Cl].[c-]1cccc2c1[Si]c1ccccc1-2. The minimum atomic E-state index is -0.826. The first-order chi connectivity index (χ1) is 20.5. The van der Waals surface area contributed by atoms with Gasteiger partial charge in [0, 0.05) is 0 Å². The molecule has 0 nitrogen and oxygen atoms in total. The Hall–Kier alpha value is -1.83. The fourth-order valence-electron chi connectivity index (χ4n) is 5.73. The van der Waals surface area contributed by atoms with E-state index in [2.05, 4.69) is 154 Å². The molecule has 0 bridgehead atoms. The summed E-state index contributed by atoms with van der Waals surface area (Å²) >= 11 is -0.826. The molecular weight excluding hydrogens is 671 g/mol. The smallest absolute Gasteiger partial charge is 0.0920 e. The molecule has 1 aliphatic heterocycles. The summed E-state index contributed by atoms with van der Waals surface area (Å²) in [5.41, 5.74) is 11.5. The van der Waals surface area contributed by atoms with Gasteiger partial charge in [0.2, 0.25) is 0 Å². The molecule has 5 aromatic rings. The van der Waals surface area contributed by atoms with Crippen LogP contribution in [0.15, 0.2) is 84.9 Å². The van der Waals surface area contributed by atoms with Crippen LogP contribution in [0.1, 0.15) is 84.6 Å². The Morgan fingerprint density at radius 2 is 1.30 bits per heavy atom. The fraction of sp³-hybridized carbons (Fsp3) is 0.325. The first-order valence-electron chi connectivity index (χ1n) is 15.2. The number of halogens is 2. The third-order valence-electron chi connectivity index (χ3n) is 8.13. The van der Waals surface area contributed by atoms with Gasteiger partial charge in [-0.05, 0) is 32.9 Å². The van der Waals surface area contributed by atoms with E-state index in [9.17, 15) is 0 Å². The number of benzene rings is 4. The van der Waals surface area contributed by atoms with Gasteiger partial charge in [-0.3, -0.25) is 0 Å². The molecular formula is C40H44Cl2SiZr. The second-order valence-corrected chi connectivity index (χ2v) is 19.8. The van der Waals surface area contributed by atoms with E-state index in [1.165, 1.54) is 65.7 Å². The van der Waals surface area contributed by atoms with Crippen molar-refractivity contribution in [2.24, 2.45) is 0 Å². The normalized spacial score (nSPS) is 12.4. The van der Waals surface area contributed by atoms with Crippen molar-refractivity contribution in [2.75, 3.05) is 0 Å². The van der Waals surface area contributed by atoms with Crippen LogP contribution < -0.4 is 10.4 Å². The topological polar surface area (TPSA) is 0 Å². The zero-order valence-electron chi connectivity index (χ0n) is 27.8. The summed E-state index contributed by atoms with van der Waals surface area (Å²) in [6, 6.07) is 34.8. The van der Waals surface area contributed by atoms with Gasteiger partial charge < -0.3 is 0 Å². The molecule has 0 aromatic heterocycles. The zero-order chi connectivity index (χ0) is 32.4. The van der Waals surface area contributed by atoms with Crippen LogP contribution in [0.3, 0.4) is 0 Å². The van der Waals surface area contributed by atoms with Crippen molar-refractivity contribution in [3.8, 4) is 22.3 Å². The van der Waals surface area contributed by atoms with Gasteiger partial charge in [-0.25, -0.2) is 0 Å². The molecule has 2 radical (unpaired) electrons. The summed E-state index contributed by atoms with van der Waals surface area (Å²) in [6.45, 7) is 23.1. The van der Waals surface area contributed by atoms with Crippen molar-refractivity contribution >= 4 is 47.7 Å². The van der Waals surface area contributed by atoms with Crippen LogP contribution >= 0.6 is 17.0 Å². The van der Waals surface area contributed by atoms with Crippen LogP contribution in [0, 0.1) is 13.0 Å². The van der Waals surface area contributed by atoms with E-state index in [4.69, 9.17) is 17.0 Å². The summed E-state index contributed by atoms with van der Waals surface area (Å²) in [4.78, 5) is 0. The van der Waals surface area contributed by atoms with Gasteiger partial charge in [0.15, 0.2) is 0 Å². The van der Waals surface area contributed by atoms with Crippen molar-refractivity contribution in [2.45, 2.75) is 85.5 Å². The third kappa shape index (κ3) is 8.11. The Morgan fingerprint density at radius 1 is 0.705 bits per heavy atom. The summed E-state index contributed by atoms with van der Waals surface area (Å²) in [5.74, 6) is 0. The Morgan fingerprint density at radius 3 is 1.89 bits per heavy atom. The van der Waals surface area contributed by atoms with E-state index >= 15 is 0 Å². The number of aryl methyl sites for hydroxylation is 1. The summed E-state index contributed by atoms with van der Waals surface area (Å²) in [6.07, 6.45) is 0. The largest absolute Gasteiger partial charge is 0.184 e. The minimum Gasteiger partial charge on any atom is -0.184 e. The van der Waals surface area contributed by atoms with Crippen LogP contribution in [0.2, 0.25) is 0 Å². The molecule has 0 N–H and O–H groups in total. The molecule has 0 fully saturated rings. The van der Waals surface area contributed by atoms with Crippen molar-refractivity contribution in [3.05, 3.63) is 113 Å². The molecule has 1 heterocycles. The maximum Gasteiger partial charge on any atom is 0.0920 e. The first-order valence-corrected chi connectivity index (χ1v) is 22.6. The molecule has 1 aliphatic rings. The maximum absolute atomic E-state index is 4.93. The third-order valence-corrected chi connectivity index (χ3v) is 9.50. The second kappa shape index (κ2) is 13.9. The Balaban J connectivity index is 0.000000226. The summed E-state index contributed by atoms with van der Waals surface area (Å²) in [5, 5.41) is 5.55. The van der Waals surface area contributed by atoms with E-state index in [0.717, 1.165) is 9.52 Å². The Labute approximate surface area is 287 Å². The standard InChI is InChI=1S/C28H37.C12H7Si.2ClH.Zr/c1-18-13-19-11-12-24(28(8,9)10)25(23(19)14-18)20-15-21(26(2,3)4)17-22(16-20)27(5,6)7;1-3-7-11-9(5-1)10-6-2-4-8-12(10)13-11;;;/h11-17H,1-10H3;1-7H;2*1H;/q2*-1;;;+4/p-2. The Kier molecular flexibility index (Phi) is 11.1. The van der Waals surface area contributed by atoms with Gasteiger partial charge in [0.1, 0.15) is 0 Å². The predicted octanol–water partition coefficient (Wildman–Crippen LogP) is 10.9. The average Bonchev–Trinajstić information content (AvgIpc) is 3.51. The van der Waals surface area contributed by atoms with E-state index in [1.807, 2.05) is 6.07 Å². The van der Waals surface area contributed by atoms with Crippen LogP contribution in [0.25, 0.3) is 33.0 Å². The van der Waals surface area contributed by atoms with E-state index in [-0.39, 0.29) is 16.2 Å². The van der Waals surface area contributed by atoms with Crippen molar-refractivity contribution in [1.29, 1.82) is 0 Å². The van der Waals surface area contributed by atoms with E-state index in [0.29, 0.717) is 0 Å². The summed E-state index contributed by atoms with van der Waals surface area (Å²) in [7, 11) is 10.7. The molecule has 0 amide bonds. The molecule has 4 heteroatoms. The monoisotopic (exact) mass is 712 g/mol. The molecule has 0 aliphatic carbocycles. The molecule has 6 rings (SSSR count). The van der Waals surface area contributed by atoms with Gasteiger partial charge in [-0.2, -0.15) is 35.5 Å². The zero-order valence-corrected chi connectivity index (χ0v) is 32.8. The minimum absolute atomic E-state index is 0.0916. The fourth-order valence-corrected chi connectivity index (χ4v) is 7.04. The van der Waals surface area contributed by atoms with Gasteiger partial charge in [0.25, 0.3) is 0 Å². The maximum atomic E-state index is 4.93. The number of fused-ring (bicyclic) bond motifs is 4. The summed E-state index contributed by atoms with van der Waals surface area (Å²) < 4.78 is 0. The first kappa shape index (κ1) is 35.0. The van der Waals surface area contributed by atoms with Crippen LogP contribution in [-0.2, 0) is 37.1 Å². The van der Waals surface area contributed by atoms with Gasteiger partial charge >= 0.3 is 37.9 Å². The molecule has 0 saturated heterocycles. The van der Waals surface area contributed by atoms with Crippen LogP contribution in [0.5, 0.6) is 0 Å². The molecule has 44 heavy (non-hydrogen) atoms. The van der Waals surface area contributed by atoms with Crippen molar-refractivity contribution < 1.29 is 20.8 Å². The van der Waals surface area contributed by atoms with Gasteiger partial charge in [0.05, 0.1) is 9.52 Å². The van der Waals surface area contributed by atoms with Crippen LogP contribution in [-0.4, -0.2) is 9.52 Å². The van der Waals surface area contributed by atoms with E-state index < -0.39 is 20.8 Å².